The van der Waals surface area contributed by atoms with Crippen LogP contribution in [0.15, 0.2) is 11.6 Å². The van der Waals surface area contributed by atoms with Gasteiger partial charge in [0.05, 0.1) is 11.4 Å². The predicted molar refractivity (Wildman–Crippen MR) is 76.4 cm³/mol. The fourth-order valence-corrected chi connectivity index (χ4v) is 2.41. The Kier molecular flexibility index (Phi) is 4.49. The zero-order valence-corrected chi connectivity index (χ0v) is 11.9. The van der Waals surface area contributed by atoms with Gasteiger partial charge in [0.15, 0.2) is 0 Å². The van der Waals surface area contributed by atoms with Crippen LogP contribution in [0.3, 0.4) is 0 Å². The number of hydrogen-bond acceptors (Lipinski definition) is 7. The highest BCUT2D eigenvalue weighted by molar-refractivity contribution is 8.02. The molecule has 0 atom stereocenters. The fraction of sp³-hybridized carbons (Fsp3) is 0.500. The number of hydrogen-bond donors (Lipinski definition) is 2. The van der Waals surface area contributed by atoms with Gasteiger partial charge in [-0.1, -0.05) is 13.8 Å². The minimum Gasteiger partial charge on any atom is -0.493 e. The Bertz CT molecular complexity index is 479. The molecular formula is C12H18N4O2S. The van der Waals surface area contributed by atoms with E-state index in [2.05, 4.69) is 9.97 Å². The summed E-state index contributed by atoms with van der Waals surface area (Å²) in [6, 6.07) is 0. The van der Waals surface area contributed by atoms with Crippen LogP contribution in [-0.4, -0.2) is 34.1 Å². The van der Waals surface area contributed by atoms with Gasteiger partial charge in [0.25, 0.3) is 0 Å². The van der Waals surface area contributed by atoms with Crippen LogP contribution in [0.25, 0.3) is 0 Å². The van der Waals surface area contributed by atoms with Gasteiger partial charge in [0, 0.05) is 12.7 Å². The Hall–Kier alpha value is -1.47. The molecule has 0 aromatic carbocycles. The molecule has 0 bridgehead atoms. The molecule has 7 heteroatoms. The molecule has 19 heavy (non-hydrogen) atoms. The molecule has 0 saturated heterocycles. The molecular weight excluding hydrogens is 264 g/mol. The van der Waals surface area contributed by atoms with E-state index in [-0.39, 0.29) is 11.8 Å². The normalized spacial score (nSPS) is 14.4. The first-order valence-corrected chi connectivity index (χ1v) is 7.17. The minimum atomic E-state index is -0.0303. The number of thioether (sulfide) groups is 1. The zero-order chi connectivity index (χ0) is 13.8. The van der Waals surface area contributed by atoms with E-state index in [4.69, 9.17) is 10.5 Å². The van der Waals surface area contributed by atoms with Gasteiger partial charge in [0.1, 0.15) is 6.61 Å². The Morgan fingerprint density at radius 2 is 2.32 bits per heavy atom. The molecule has 0 saturated carbocycles. The van der Waals surface area contributed by atoms with Crippen LogP contribution in [0.4, 0.5) is 5.95 Å². The molecule has 0 aliphatic carbocycles. The van der Waals surface area contributed by atoms with Gasteiger partial charge >= 0.3 is 0 Å². The summed E-state index contributed by atoms with van der Waals surface area (Å²) >= 11 is 1.64. The third-order valence-electron chi connectivity index (χ3n) is 2.62. The van der Waals surface area contributed by atoms with Crippen LogP contribution in [0.2, 0.25) is 0 Å². The van der Waals surface area contributed by atoms with Gasteiger partial charge in [-0.15, -0.1) is 11.8 Å². The lowest BCUT2D eigenvalue weighted by Crippen LogP contribution is -2.17. The van der Waals surface area contributed by atoms with Crippen molar-refractivity contribution in [3.63, 3.8) is 0 Å². The van der Waals surface area contributed by atoms with Gasteiger partial charge in [-0.2, -0.15) is 9.97 Å². The van der Waals surface area contributed by atoms with Crippen LogP contribution in [-0.2, 0) is 0 Å². The Morgan fingerprint density at radius 3 is 2.89 bits per heavy atom. The smallest absolute Gasteiger partial charge is 0.236 e. The first-order valence-electron chi connectivity index (χ1n) is 6.12. The van der Waals surface area contributed by atoms with E-state index in [0.717, 1.165) is 5.88 Å². The molecule has 0 radical (unpaired) electrons. The third kappa shape index (κ3) is 3.10. The summed E-state index contributed by atoms with van der Waals surface area (Å²) in [5.41, 5.74) is 6.06. The molecule has 2 heterocycles. The summed E-state index contributed by atoms with van der Waals surface area (Å²) in [7, 11) is 0. The number of nitrogens with zero attached hydrogens (tertiary/aromatic N) is 3. The van der Waals surface area contributed by atoms with Crippen molar-refractivity contribution in [3.05, 3.63) is 17.2 Å². The average Bonchev–Trinajstić information content (AvgIpc) is 2.88. The minimum absolute atomic E-state index is 0.0303. The van der Waals surface area contributed by atoms with Crippen molar-refractivity contribution >= 4 is 17.7 Å². The second-order valence-corrected chi connectivity index (χ2v) is 5.27. The second-order valence-electron chi connectivity index (χ2n) is 4.41. The van der Waals surface area contributed by atoms with E-state index in [1.54, 1.807) is 11.8 Å². The lowest BCUT2D eigenvalue weighted by atomic mass is 10.1. The maximum Gasteiger partial charge on any atom is 0.236 e. The van der Waals surface area contributed by atoms with Gasteiger partial charge in [-0.3, -0.25) is 0 Å². The average molecular weight is 282 g/mol. The molecule has 3 N–H and O–H groups in total. The molecule has 6 nitrogen and oxygen atoms in total. The van der Waals surface area contributed by atoms with Gasteiger partial charge in [-0.25, -0.2) is 0 Å². The lowest BCUT2D eigenvalue weighted by molar-refractivity contribution is 0.305. The molecule has 1 aromatic heterocycles. The zero-order valence-electron chi connectivity index (χ0n) is 11.0. The Morgan fingerprint density at radius 1 is 1.53 bits per heavy atom. The number of anilines is 1. The Labute approximate surface area is 116 Å². The molecule has 0 amide bonds. The van der Waals surface area contributed by atoms with E-state index >= 15 is 0 Å². The van der Waals surface area contributed by atoms with Crippen LogP contribution in [0.5, 0.6) is 11.8 Å². The van der Waals surface area contributed by atoms with Crippen molar-refractivity contribution in [2.75, 3.05) is 23.9 Å². The molecule has 104 valence electrons. The number of aromatic hydroxyl groups is 1. The molecule has 2 rings (SSSR count). The topological polar surface area (TPSA) is 84.5 Å². The predicted octanol–water partition coefficient (Wildman–Crippen LogP) is 1.62. The highest BCUT2D eigenvalue weighted by Crippen LogP contribution is 2.34. The van der Waals surface area contributed by atoms with Crippen molar-refractivity contribution in [1.29, 1.82) is 0 Å². The van der Waals surface area contributed by atoms with Crippen molar-refractivity contribution in [3.8, 4) is 11.8 Å². The number of aromatic nitrogens is 2. The Balaban J connectivity index is 2.37. The van der Waals surface area contributed by atoms with E-state index in [1.165, 1.54) is 0 Å². The van der Waals surface area contributed by atoms with Crippen LogP contribution < -0.4 is 15.4 Å². The SMILES string of the molecule is CC(C)c1c(O)nc(N2C=CSC2)nc1OCCN. The van der Waals surface area contributed by atoms with Crippen molar-refractivity contribution in [1.82, 2.24) is 9.97 Å². The number of nitrogens with two attached hydrogens (primary N) is 1. The lowest BCUT2D eigenvalue weighted by Gasteiger charge is -2.18. The monoisotopic (exact) mass is 282 g/mol. The fourth-order valence-electron chi connectivity index (χ4n) is 1.73. The largest absolute Gasteiger partial charge is 0.493 e. The summed E-state index contributed by atoms with van der Waals surface area (Å²) in [5, 5.41) is 12.0. The van der Waals surface area contributed by atoms with Crippen molar-refractivity contribution in [2.45, 2.75) is 19.8 Å². The van der Waals surface area contributed by atoms with E-state index in [1.807, 2.05) is 30.4 Å². The highest BCUT2D eigenvalue weighted by Gasteiger charge is 2.21. The summed E-state index contributed by atoms with van der Waals surface area (Å²) in [4.78, 5) is 10.4. The second kappa shape index (κ2) is 6.12. The number of ether oxygens (including phenoxy) is 1. The van der Waals surface area contributed by atoms with E-state index in [9.17, 15) is 5.11 Å². The molecule has 0 spiro atoms. The van der Waals surface area contributed by atoms with Crippen molar-refractivity contribution < 1.29 is 9.84 Å². The van der Waals surface area contributed by atoms with Gasteiger partial charge in [-0.05, 0) is 11.3 Å². The quantitative estimate of drug-likeness (QED) is 0.849. The van der Waals surface area contributed by atoms with Gasteiger partial charge in [0.2, 0.25) is 17.7 Å². The molecule has 0 unspecified atom stereocenters. The van der Waals surface area contributed by atoms with Crippen LogP contribution in [0.1, 0.15) is 25.3 Å². The van der Waals surface area contributed by atoms with Crippen LogP contribution in [0, 0.1) is 0 Å². The number of rotatable bonds is 5. The molecule has 0 fully saturated rings. The van der Waals surface area contributed by atoms with Gasteiger partial charge < -0.3 is 20.5 Å². The maximum atomic E-state index is 10.1. The first kappa shape index (κ1) is 14.0. The summed E-state index contributed by atoms with van der Waals surface area (Å²) in [6.07, 6.45) is 1.88. The summed E-state index contributed by atoms with van der Waals surface area (Å²) in [5.74, 6) is 1.63. The molecule has 1 aliphatic rings. The maximum absolute atomic E-state index is 10.1. The van der Waals surface area contributed by atoms with Crippen LogP contribution >= 0.6 is 11.8 Å². The summed E-state index contributed by atoms with van der Waals surface area (Å²) in [6.45, 7) is 4.68. The van der Waals surface area contributed by atoms with E-state index < -0.39 is 0 Å². The third-order valence-corrected chi connectivity index (χ3v) is 3.36. The van der Waals surface area contributed by atoms with Crippen molar-refractivity contribution in [2.24, 2.45) is 5.73 Å². The van der Waals surface area contributed by atoms with E-state index in [0.29, 0.717) is 30.5 Å². The molecule has 1 aromatic rings. The highest BCUT2D eigenvalue weighted by atomic mass is 32.2. The molecule has 1 aliphatic heterocycles. The first-order chi connectivity index (χ1) is 9.13. The summed E-state index contributed by atoms with van der Waals surface area (Å²) < 4.78 is 5.53. The standard InChI is InChI=1S/C12H18N4O2S/c1-8(2)9-10(17)14-12(16-4-6-19-7-16)15-11(9)18-5-3-13/h4,6,8H,3,5,7,13H2,1-2H3,(H,14,15,17).